The first-order valence-corrected chi connectivity index (χ1v) is 35.5. The number of carbonyl (C=O) groups is 1. The summed E-state index contributed by atoms with van der Waals surface area (Å²) in [6.45, 7) is 8.49. The molecule has 4 aliphatic rings. The third-order valence-electron chi connectivity index (χ3n) is 18.1. The number of anilines is 6. The second-order valence-electron chi connectivity index (χ2n) is 26.0. The number of hydrogen-bond acceptors (Lipinski definition) is 27. The molecule has 554 valence electrons. The van der Waals surface area contributed by atoms with Gasteiger partial charge in [0.1, 0.15) is 76.7 Å². The number of nitrogens with one attached hydrogen (secondary N) is 6. The van der Waals surface area contributed by atoms with Gasteiger partial charge in [0, 0.05) is 17.8 Å². The van der Waals surface area contributed by atoms with Crippen LogP contribution in [0.3, 0.4) is 0 Å². The SMILES string of the molecule is CCC(O)[C@H]1C[C@@H](Nc2nc(NCC(F)(F)F)nc(C)c2-c2nc3ccccc3s2)[C@@H]2OC(C)(C)O[C@@H]21.CCC(O)[C@H]1C[C@@H](Nc2nc(NCC(F)(F)F)nc(C)c2-c2nc3ccccc3s2)[C@H](O)[C@@H]1O.Cc1nc(NCC(F)(F)F)nc(N[C@@H]2C[C@H](C=O)[C@@H](O)[C@H]2O)c1-c1nc2ccccc2s1. The predicted octanol–water partition coefficient (Wildman–Crippen LogP) is 11.2. The Bertz CT molecular complexity index is 4360. The lowest BCUT2D eigenvalue weighted by atomic mass is 9.96. The second-order valence-corrected chi connectivity index (χ2v) is 29.1. The van der Waals surface area contributed by atoms with Crippen LogP contribution in [0.2, 0.25) is 0 Å². The van der Waals surface area contributed by atoms with Gasteiger partial charge in [-0.25, -0.2) is 29.9 Å². The van der Waals surface area contributed by atoms with Gasteiger partial charge < -0.3 is 76.8 Å². The lowest BCUT2D eigenvalue weighted by molar-refractivity contribution is -0.161. The highest BCUT2D eigenvalue weighted by Crippen LogP contribution is 2.47. The minimum absolute atomic E-state index is 0.134. The van der Waals surface area contributed by atoms with E-state index < -0.39 is 104 Å². The van der Waals surface area contributed by atoms with E-state index in [0.29, 0.717) is 80.2 Å². The van der Waals surface area contributed by atoms with E-state index in [1.165, 1.54) is 34.0 Å². The monoisotopic (exact) mass is 1500 g/mol. The minimum Gasteiger partial charge on any atom is -0.393 e. The van der Waals surface area contributed by atoms with Gasteiger partial charge in [0.05, 0.1) is 113 Å². The molecule has 3 aliphatic carbocycles. The summed E-state index contributed by atoms with van der Waals surface area (Å²) in [4.78, 5) is 50.8. The van der Waals surface area contributed by atoms with Gasteiger partial charge in [-0.05, 0) is 103 Å². The quantitative estimate of drug-likeness (QED) is 0.0249. The number of aldehydes is 1. The van der Waals surface area contributed by atoms with Gasteiger partial charge in [0.25, 0.3) is 0 Å². The van der Waals surface area contributed by atoms with Crippen molar-refractivity contribution in [2.45, 2.75) is 172 Å². The van der Waals surface area contributed by atoms with Crippen molar-refractivity contribution in [1.82, 2.24) is 44.9 Å². The third kappa shape index (κ3) is 17.9. The molecule has 24 nitrogen and oxygen atoms in total. The fourth-order valence-corrected chi connectivity index (χ4v) is 16.3. The average molecular weight is 1500 g/mol. The molecule has 0 radical (unpaired) electrons. The number of carbonyl (C=O) groups excluding carboxylic acids is 1. The minimum atomic E-state index is -4.46. The molecule has 9 aromatic rings. The van der Waals surface area contributed by atoms with Crippen molar-refractivity contribution in [3.05, 3.63) is 89.9 Å². The molecule has 7 heterocycles. The molecular formula is C67H76F9N15O9S3. The first-order chi connectivity index (χ1) is 48.7. The molecule has 6 aromatic heterocycles. The molecular weight excluding hydrogens is 1430 g/mol. The highest BCUT2D eigenvalue weighted by atomic mass is 32.1. The number of fused-ring (bicyclic) bond motifs is 4. The van der Waals surface area contributed by atoms with Crippen LogP contribution >= 0.6 is 34.0 Å². The molecule has 12 N–H and O–H groups in total. The van der Waals surface area contributed by atoms with Gasteiger partial charge in [0.2, 0.25) is 17.8 Å². The number of ether oxygens (including phenoxy) is 2. The summed E-state index contributed by atoms with van der Waals surface area (Å²) in [5.74, 6) is -2.18. The first kappa shape index (κ1) is 76.2. The van der Waals surface area contributed by atoms with Crippen LogP contribution in [-0.4, -0.2) is 193 Å². The Morgan fingerprint density at radius 3 is 1.18 bits per heavy atom. The van der Waals surface area contributed by atoms with Crippen LogP contribution in [0.1, 0.15) is 76.9 Å². The predicted molar refractivity (Wildman–Crippen MR) is 373 cm³/mol. The molecule has 3 aromatic carbocycles. The average Bonchev–Trinajstić information content (AvgIpc) is 1.63. The lowest BCUT2D eigenvalue weighted by Gasteiger charge is -2.26. The number of aryl methyl sites for hydroxylation is 3. The number of benzene rings is 3. The van der Waals surface area contributed by atoms with Gasteiger partial charge in [-0.2, -0.15) is 54.5 Å². The maximum absolute atomic E-state index is 12.9. The summed E-state index contributed by atoms with van der Waals surface area (Å²) in [7, 11) is 0. The smallest absolute Gasteiger partial charge is 0.393 e. The highest BCUT2D eigenvalue weighted by Gasteiger charge is 2.56. The Morgan fingerprint density at radius 2 is 0.825 bits per heavy atom. The highest BCUT2D eigenvalue weighted by molar-refractivity contribution is 7.22. The van der Waals surface area contributed by atoms with Crippen LogP contribution in [0, 0.1) is 38.5 Å². The zero-order chi connectivity index (χ0) is 74.2. The zero-order valence-corrected chi connectivity index (χ0v) is 58.8. The van der Waals surface area contributed by atoms with Crippen molar-refractivity contribution in [2.75, 3.05) is 51.5 Å². The topological polar surface area (TPSA) is 345 Å². The number of nitrogens with zero attached hydrogens (tertiary/aromatic N) is 9. The van der Waals surface area contributed by atoms with E-state index in [-0.39, 0.29) is 66.5 Å². The molecule has 0 bridgehead atoms. The lowest BCUT2D eigenvalue weighted by Crippen LogP contribution is -2.37. The largest absolute Gasteiger partial charge is 0.405 e. The van der Waals surface area contributed by atoms with E-state index >= 15 is 0 Å². The van der Waals surface area contributed by atoms with Crippen molar-refractivity contribution in [3.63, 3.8) is 0 Å². The van der Waals surface area contributed by atoms with Gasteiger partial charge in [0.15, 0.2) is 5.79 Å². The molecule has 4 fully saturated rings. The number of hydrogen-bond donors (Lipinski definition) is 12. The summed E-state index contributed by atoms with van der Waals surface area (Å²) in [5.41, 5.74) is 5.18. The Hall–Kier alpha value is -7.91. The number of thiazole rings is 3. The van der Waals surface area contributed by atoms with E-state index in [0.717, 1.165) is 30.6 Å². The summed E-state index contributed by atoms with van der Waals surface area (Å²) in [6.07, 6.45) is -17.7. The van der Waals surface area contributed by atoms with Crippen molar-refractivity contribution in [1.29, 1.82) is 0 Å². The molecule has 13 rings (SSSR count). The molecule has 0 amide bonds. The molecule has 0 spiro atoms. The Labute approximate surface area is 595 Å². The second kappa shape index (κ2) is 31.0. The summed E-state index contributed by atoms with van der Waals surface area (Å²) < 4.78 is 130. The van der Waals surface area contributed by atoms with E-state index in [2.05, 4.69) is 71.8 Å². The molecule has 1 saturated heterocycles. The zero-order valence-electron chi connectivity index (χ0n) is 56.3. The molecule has 103 heavy (non-hydrogen) atoms. The van der Waals surface area contributed by atoms with Crippen LogP contribution in [0.5, 0.6) is 0 Å². The molecule has 3 saturated carbocycles. The number of para-hydroxylation sites is 3. The molecule has 1 aliphatic heterocycles. The Kier molecular flexibility index (Phi) is 23.0. The van der Waals surface area contributed by atoms with Gasteiger partial charge in [-0.3, -0.25) is 0 Å². The summed E-state index contributed by atoms with van der Waals surface area (Å²) in [5, 5.41) is 80.3. The van der Waals surface area contributed by atoms with Crippen molar-refractivity contribution in [3.8, 4) is 31.7 Å². The summed E-state index contributed by atoms with van der Waals surface area (Å²) in [6, 6.07) is 20.9. The fourth-order valence-electron chi connectivity index (χ4n) is 13.1. The fraction of sp³-hybridized carbons (Fsp3) is 0.493. The number of alkyl halides is 9. The number of aliphatic hydroxyl groups is 6. The van der Waals surface area contributed by atoms with Gasteiger partial charge >= 0.3 is 18.5 Å². The number of aromatic nitrogens is 9. The maximum atomic E-state index is 12.9. The van der Waals surface area contributed by atoms with Crippen LogP contribution in [0.25, 0.3) is 62.4 Å². The van der Waals surface area contributed by atoms with Gasteiger partial charge in [-0.15, -0.1) is 34.0 Å². The standard InChI is InChI=1S/C25H30F3N5O3S.C22H26F3N5O3S.C20H20F3N5O3S/c1-5-16(34)13-10-15(20-19(13)35-24(3,4)36-20)31-21-18(22-32-14-8-6-7-9-17(14)37-22)12(2)30-23(33-21)29-11-25(26,27)28;1-3-14(31)11-8-13(18(33)17(11)32)28-19-16(20-29-12-6-4-5-7-15(12)34-20)10(2)27-21(30-19)26-9-22(23,24)25;1-9-14(18-27-11-4-2-3-5-13(11)32-18)17(28-19(25-9)24-8-20(21,22)23)26-12-6-10(7-29)15(30)16(12)31/h6-9,13,15-16,19-20,34H,5,10-11H2,1-4H3,(H2,29,30,31,33);4-7,11,13-14,17-18,31-33H,3,8-9H2,1-2H3,(H2,26,27,28,30);2-5,7,10,12,15-16,30-31H,6,8H2,1H3,(H2,24,25,26,28)/t13-,15-,16?,19-,20+;11-,13-,14?,17-,18+;10-,12-,15-,16+/m111/s1. The summed E-state index contributed by atoms with van der Waals surface area (Å²) >= 11 is 4.21. The Morgan fingerprint density at radius 1 is 0.485 bits per heavy atom. The number of aliphatic hydroxyl groups excluding tert-OH is 6. The number of halogens is 9. The molecule has 14 atom stereocenters. The van der Waals surface area contributed by atoms with Crippen LogP contribution in [-0.2, 0) is 14.3 Å². The van der Waals surface area contributed by atoms with E-state index in [1.807, 2.05) is 93.6 Å². The van der Waals surface area contributed by atoms with Crippen molar-refractivity contribution >= 4 is 106 Å². The van der Waals surface area contributed by atoms with Crippen LogP contribution < -0.4 is 31.9 Å². The van der Waals surface area contributed by atoms with Crippen LogP contribution in [0.4, 0.5) is 74.8 Å². The van der Waals surface area contributed by atoms with E-state index in [1.54, 1.807) is 27.7 Å². The Balaban J connectivity index is 0.000000155. The third-order valence-corrected chi connectivity index (χ3v) is 21.2. The maximum Gasteiger partial charge on any atom is 0.405 e. The van der Waals surface area contributed by atoms with Crippen molar-refractivity contribution in [2.24, 2.45) is 17.8 Å². The molecule has 2 unspecified atom stereocenters. The van der Waals surface area contributed by atoms with Crippen LogP contribution in [0.15, 0.2) is 72.8 Å². The van der Waals surface area contributed by atoms with Crippen molar-refractivity contribution < 1.29 is 84.4 Å². The number of rotatable bonds is 20. The molecule has 36 heteroatoms. The van der Waals surface area contributed by atoms with Gasteiger partial charge in [-0.1, -0.05) is 50.2 Å². The van der Waals surface area contributed by atoms with E-state index in [9.17, 15) is 74.9 Å². The normalized spacial score (nSPS) is 24.4. The first-order valence-electron chi connectivity index (χ1n) is 33.0. The van der Waals surface area contributed by atoms with E-state index in [4.69, 9.17) is 14.5 Å².